The minimum atomic E-state index is -0.717. The summed E-state index contributed by atoms with van der Waals surface area (Å²) in [6.07, 6.45) is -0.717. The molecule has 0 aliphatic carbocycles. The number of likely N-dealkylation sites (N-methyl/N-ethyl adjacent to an activating group) is 1. The number of halogens is 2. The zero-order valence-corrected chi connectivity index (χ0v) is 10.2. The maximum Gasteiger partial charge on any atom is 0.415 e. The number of hydrogen-bond acceptors (Lipinski definition) is 3. The van der Waals surface area contributed by atoms with E-state index in [1.807, 2.05) is 0 Å². The number of nitrogens with zero attached hydrogens (tertiary/aromatic N) is 1. The number of carbonyl (C=O) groups is 1. The molecule has 0 heterocycles. The zero-order valence-electron chi connectivity index (χ0n) is 8.61. The smallest absolute Gasteiger partial charge is 0.407 e. The summed E-state index contributed by atoms with van der Waals surface area (Å²) in [5, 5.41) is 8.62. The topological polar surface area (TPSA) is 49.8 Å². The van der Waals surface area contributed by atoms with Gasteiger partial charge in [-0.2, -0.15) is 0 Å². The van der Waals surface area contributed by atoms with Gasteiger partial charge in [-0.1, -0.05) is 15.9 Å². The summed E-state index contributed by atoms with van der Waals surface area (Å²) in [7, 11) is 1.45. The number of aliphatic hydroxyl groups is 1. The van der Waals surface area contributed by atoms with Crippen LogP contribution in [-0.2, 0) is 0 Å². The van der Waals surface area contributed by atoms with Gasteiger partial charge in [0.15, 0.2) is 11.6 Å². The van der Waals surface area contributed by atoms with Gasteiger partial charge in [0.25, 0.3) is 0 Å². The quantitative estimate of drug-likeness (QED) is 0.927. The Hall–Kier alpha value is -1.14. The summed E-state index contributed by atoms with van der Waals surface area (Å²) in [5.74, 6) is -0.766. The van der Waals surface area contributed by atoms with Gasteiger partial charge in [-0.05, 0) is 18.2 Å². The molecule has 6 heteroatoms. The molecule has 0 aliphatic rings. The van der Waals surface area contributed by atoms with E-state index >= 15 is 0 Å². The molecule has 0 aromatic heterocycles. The second-order valence-corrected chi connectivity index (χ2v) is 4.00. The number of hydrogen-bond donors (Lipinski definition) is 1. The van der Waals surface area contributed by atoms with Crippen molar-refractivity contribution in [2.75, 3.05) is 20.2 Å². The molecule has 0 fully saturated rings. The van der Waals surface area contributed by atoms with E-state index in [2.05, 4.69) is 15.9 Å². The van der Waals surface area contributed by atoms with E-state index in [0.29, 0.717) is 4.47 Å². The summed E-state index contributed by atoms with van der Waals surface area (Å²) in [6, 6.07) is 4.06. The van der Waals surface area contributed by atoms with Crippen molar-refractivity contribution in [3.8, 4) is 5.75 Å². The van der Waals surface area contributed by atoms with Crippen molar-refractivity contribution in [1.29, 1.82) is 0 Å². The van der Waals surface area contributed by atoms with Crippen molar-refractivity contribution < 1.29 is 19.0 Å². The van der Waals surface area contributed by atoms with Crippen LogP contribution in [0.5, 0.6) is 5.75 Å². The van der Waals surface area contributed by atoms with Gasteiger partial charge >= 0.3 is 6.09 Å². The summed E-state index contributed by atoms with van der Waals surface area (Å²) < 4.78 is 18.6. The van der Waals surface area contributed by atoms with Crippen LogP contribution in [0.1, 0.15) is 0 Å². The summed E-state index contributed by atoms with van der Waals surface area (Å²) in [5.41, 5.74) is 0. The fourth-order valence-electron chi connectivity index (χ4n) is 0.969. The Morgan fingerprint density at radius 1 is 1.62 bits per heavy atom. The van der Waals surface area contributed by atoms with E-state index < -0.39 is 11.9 Å². The van der Waals surface area contributed by atoms with Crippen LogP contribution in [0.15, 0.2) is 22.7 Å². The van der Waals surface area contributed by atoms with Gasteiger partial charge in [-0.3, -0.25) is 0 Å². The highest BCUT2D eigenvalue weighted by molar-refractivity contribution is 9.10. The SMILES string of the molecule is CN(CCO)C(=O)Oc1cc(Br)ccc1F. The third-order valence-electron chi connectivity index (χ3n) is 1.84. The molecule has 0 aliphatic heterocycles. The zero-order chi connectivity index (χ0) is 12.1. The van der Waals surface area contributed by atoms with E-state index in [1.54, 1.807) is 0 Å². The van der Waals surface area contributed by atoms with Crippen LogP contribution in [-0.4, -0.2) is 36.3 Å². The van der Waals surface area contributed by atoms with Crippen molar-refractivity contribution in [3.05, 3.63) is 28.5 Å². The van der Waals surface area contributed by atoms with Crippen LogP contribution in [0, 0.1) is 5.82 Å². The Balaban J connectivity index is 2.72. The average molecular weight is 292 g/mol. The molecule has 1 amide bonds. The molecule has 0 atom stereocenters. The average Bonchev–Trinajstić information content (AvgIpc) is 2.23. The minimum absolute atomic E-state index is 0.133. The van der Waals surface area contributed by atoms with E-state index in [-0.39, 0.29) is 18.9 Å². The van der Waals surface area contributed by atoms with Crippen LogP contribution < -0.4 is 4.74 Å². The standard InChI is InChI=1S/C10H11BrFNO3/c1-13(4-5-14)10(15)16-9-6-7(11)2-3-8(9)12/h2-3,6,14H,4-5H2,1H3. The van der Waals surface area contributed by atoms with Gasteiger partial charge in [-0.25, -0.2) is 9.18 Å². The molecule has 0 spiro atoms. The molecule has 1 aromatic carbocycles. The molecule has 0 unspecified atom stereocenters. The second-order valence-electron chi connectivity index (χ2n) is 3.09. The Morgan fingerprint density at radius 3 is 2.94 bits per heavy atom. The van der Waals surface area contributed by atoms with E-state index in [4.69, 9.17) is 9.84 Å². The number of carbonyl (C=O) groups excluding carboxylic acids is 1. The van der Waals surface area contributed by atoms with E-state index in [0.717, 1.165) is 4.90 Å². The third kappa shape index (κ3) is 3.46. The van der Waals surface area contributed by atoms with Crippen molar-refractivity contribution in [3.63, 3.8) is 0 Å². The molecular formula is C10H11BrFNO3. The lowest BCUT2D eigenvalue weighted by Gasteiger charge is -2.15. The predicted molar refractivity (Wildman–Crippen MR) is 59.8 cm³/mol. The molecular weight excluding hydrogens is 281 g/mol. The highest BCUT2D eigenvalue weighted by Crippen LogP contribution is 2.22. The maximum atomic E-state index is 13.2. The number of benzene rings is 1. The fraction of sp³-hybridized carbons (Fsp3) is 0.300. The Bertz CT molecular complexity index is 386. The largest absolute Gasteiger partial charge is 0.415 e. The first-order valence-corrected chi connectivity index (χ1v) is 5.32. The van der Waals surface area contributed by atoms with Crippen LogP contribution in [0.4, 0.5) is 9.18 Å². The number of ether oxygens (including phenoxy) is 1. The second kappa shape index (κ2) is 5.81. The molecule has 0 saturated heterocycles. The predicted octanol–water partition coefficient (Wildman–Crippen LogP) is 2.01. The van der Waals surface area contributed by atoms with Crippen LogP contribution in [0.25, 0.3) is 0 Å². The normalized spacial score (nSPS) is 10.0. The lowest BCUT2D eigenvalue weighted by Crippen LogP contribution is -2.32. The number of aliphatic hydroxyl groups excluding tert-OH is 1. The van der Waals surface area contributed by atoms with Crippen molar-refractivity contribution in [2.45, 2.75) is 0 Å². The first-order chi connectivity index (χ1) is 7.54. The number of rotatable bonds is 3. The summed E-state index contributed by atoms with van der Waals surface area (Å²) in [4.78, 5) is 12.5. The molecule has 4 nitrogen and oxygen atoms in total. The first-order valence-electron chi connectivity index (χ1n) is 4.53. The van der Waals surface area contributed by atoms with Gasteiger partial charge in [-0.15, -0.1) is 0 Å². The Labute approximate surface area is 101 Å². The van der Waals surface area contributed by atoms with Crippen LogP contribution in [0.3, 0.4) is 0 Å². The summed E-state index contributed by atoms with van der Waals surface area (Å²) >= 11 is 3.14. The van der Waals surface area contributed by atoms with Gasteiger partial charge in [0.05, 0.1) is 6.61 Å². The highest BCUT2D eigenvalue weighted by atomic mass is 79.9. The van der Waals surface area contributed by atoms with Gasteiger partial charge in [0, 0.05) is 18.1 Å². The molecule has 1 N–H and O–H groups in total. The molecule has 0 saturated carbocycles. The van der Waals surface area contributed by atoms with Crippen molar-refractivity contribution >= 4 is 22.0 Å². The lowest BCUT2D eigenvalue weighted by atomic mass is 10.3. The molecule has 88 valence electrons. The summed E-state index contributed by atoms with van der Waals surface area (Å²) in [6.45, 7) is -0.0407. The Kier molecular flexibility index (Phi) is 4.70. The first kappa shape index (κ1) is 12.9. The maximum absolute atomic E-state index is 13.2. The molecule has 0 radical (unpaired) electrons. The van der Waals surface area contributed by atoms with Crippen molar-refractivity contribution in [2.24, 2.45) is 0 Å². The molecule has 1 aromatic rings. The van der Waals surface area contributed by atoms with E-state index in [9.17, 15) is 9.18 Å². The van der Waals surface area contributed by atoms with Crippen LogP contribution >= 0.6 is 15.9 Å². The van der Waals surface area contributed by atoms with Gasteiger partial charge in [0.1, 0.15) is 0 Å². The molecule has 1 rings (SSSR count). The van der Waals surface area contributed by atoms with E-state index in [1.165, 1.54) is 25.2 Å². The number of amides is 1. The monoisotopic (exact) mass is 291 g/mol. The lowest BCUT2D eigenvalue weighted by molar-refractivity contribution is 0.149. The highest BCUT2D eigenvalue weighted by Gasteiger charge is 2.13. The molecule has 16 heavy (non-hydrogen) atoms. The third-order valence-corrected chi connectivity index (χ3v) is 2.33. The fourth-order valence-corrected chi connectivity index (χ4v) is 1.31. The van der Waals surface area contributed by atoms with Crippen LogP contribution in [0.2, 0.25) is 0 Å². The Morgan fingerprint density at radius 2 is 2.31 bits per heavy atom. The van der Waals surface area contributed by atoms with Gasteiger partial charge in [0.2, 0.25) is 0 Å². The minimum Gasteiger partial charge on any atom is -0.407 e. The van der Waals surface area contributed by atoms with Crippen molar-refractivity contribution in [1.82, 2.24) is 4.90 Å². The van der Waals surface area contributed by atoms with Gasteiger partial charge < -0.3 is 14.7 Å². The molecule has 0 bridgehead atoms.